The molecular weight excluding hydrogens is 406 g/mol. The van der Waals surface area contributed by atoms with E-state index in [0.29, 0.717) is 67.5 Å². The molecule has 2 aliphatic heterocycles. The zero-order valence-corrected chi connectivity index (χ0v) is 18.0. The van der Waals surface area contributed by atoms with Gasteiger partial charge in [-0.2, -0.15) is 0 Å². The van der Waals surface area contributed by atoms with Gasteiger partial charge in [-0.05, 0) is 53.9 Å². The molecule has 6 heteroatoms. The Hall–Kier alpha value is -3.54. The van der Waals surface area contributed by atoms with Crippen molar-refractivity contribution in [3.05, 3.63) is 65.7 Å². The van der Waals surface area contributed by atoms with E-state index in [1.165, 1.54) is 0 Å². The Morgan fingerprint density at radius 2 is 1.59 bits per heavy atom. The van der Waals surface area contributed by atoms with E-state index in [4.69, 9.17) is 14.2 Å². The third-order valence-corrected chi connectivity index (χ3v) is 6.28. The van der Waals surface area contributed by atoms with Gasteiger partial charge in [-0.1, -0.05) is 24.3 Å². The number of ketones is 1. The molecule has 2 heterocycles. The van der Waals surface area contributed by atoms with E-state index >= 15 is 0 Å². The number of carbonyl (C=O) groups is 2. The second kappa shape index (κ2) is 8.54. The fourth-order valence-corrected chi connectivity index (χ4v) is 4.50. The number of piperidine rings is 1. The number of methoxy groups -OCH3 is 1. The highest BCUT2D eigenvalue weighted by Crippen LogP contribution is 2.33. The van der Waals surface area contributed by atoms with Gasteiger partial charge in [0.2, 0.25) is 0 Å². The molecule has 0 spiro atoms. The zero-order valence-electron chi connectivity index (χ0n) is 18.0. The van der Waals surface area contributed by atoms with Crippen molar-refractivity contribution in [3.63, 3.8) is 0 Å². The average molecular weight is 431 g/mol. The second-order valence-corrected chi connectivity index (χ2v) is 8.19. The highest BCUT2D eigenvalue weighted by molar-refractivity contribution is 6.02. The van der Waals surface area contributed by atoms with Crippen molar-refractivity contribution in [2.24, 2.45) is 5.92 Å². The Morgan fingerprint density at radius 3 is 2.31 bits per heavy atom. The molecule has 0 atom stereocenters. The number of nitrogens with zero attached hydrogens (tertiary/aromatic N) is 1. The van der Waals surface area contributed by atoms with Gasteiger partial charge in [0.1, 0.15) is 19.0 Å². The summed E-state index contributed by atoms with van der Waals surface area (Å²) in [6, 6.07) is 17.1. The molecule has 0 unspecified atom stereocenters. The molecule has 6 nitrogen and oxygen atoms in total. The van der Waals surface area contributed by atoms with Crippen LogP contribution in [0.15, 0.2) is 54.6 Å². The summed E-state index contributed by atoms with van der Waals surface area (Å²) in [7, 11) is 1.58. The van der Waals surface area contributed by atoms with Crippen LogP contribution in [0.2, 0.25) is 0 Å². The molecule has 2 aliphatic rings. The molecule has 3 aromatic rings. The number of fused-ring (bicyclic) bond motifs is 2. The number of rotatable bonds is 4. The van der Waals surface area contributed by atoms with Crippen LogP contribution in [0.1, 0.15) is 33.6 Å². The topological polar surface area (TPSA) is 65.1 Å². The maximum Gasteiger partial charge on any atom is 0.257 e. The fourth-order valence-electron chi connectivity index (χ4n) is 4.50. The van der Waals surface area contributed by atoms with Crippen molar-refractivity contribution in [3.8, 4) is 17.2 Å². The van der Waals surface area contributed by atoms with E-state index in [1.807, 2.05) is 41.3 Å². The van der Waals surface area contributed by atoms with E-state index in [-0.39, 0.29) is 17.6 Å². The minimum absolute atomic E-state index is 0.0576. The summed E-state index contributed by atoms with van der Waals surface area (Å²) in [6.07, 6.45) is 1.27. The van der Waals surface area contributed by atoms with Crippen LogP contribution in [0.4, 0.5) is 0 Å². The molecule has 1 fully saturated rings. The Kier molecular flexibility index (Phi) is 5.43. The van der Waals surface area contributed by atoms with Gasteiger partial charge in [0.05, 0.1) is 12.7 Å². The second-order valence-electron chi connectivity index (χ2n) is 8.19. The number of Topliss-reactive ketones (excluding diaryl/α,β-unsaturated/α-hetero) is 1. The molecule has 0 radical (unpaired) electrons. The van der Waals surface area contributed by atoms with Crippen LogP contribution < -0.4 is 14.2 Å². The molecule has 0 saturated carbocycles. The fraction of sp³-hybridized carbons (Fsp3) is 0.308. The van der Waals surface area contributed by atoms with Crippen LogP contribution in [0.3, 0.4) is 0 Å². The molecule has 164 valence electrons. The van der Waals surface area contributed by atoms with E-state index in [1.54, 1.807) is 25.3 Å². The summed E-state index contributed by atoms with van der Waals surface area (Å²) in [4.78, 5) is 28.1. The number of benzene rings is 3. The number of carbonyl (C=O) groups excluding carboxylic acids is 2. The quantitative estimate of drug-likeness (QED) is 0.575. The van der Waals surface area contributed by atoms with E-state index in [9.17, 15) is 9.59 Å². The Labute approximate surface area is 186 Å². The lowest BCUT2D eigenvalue weighted by Gasteiger charge is -2.32. The maximum absolute atomic E-state index is 13.3. The van der Waals surface area contributed by atoms with Crippen molar-refractivity contribution >= 4 is 22.5 Å². The molecule has 5 rings (SSSR count). The molecule has 0 bridgehead atoms. The molecular formula is C26H25NO5. The number of hydrogen-bond donors (Lipinski definition) is 0. The smallest absolute Gasteiger partial charge is 0.257 e. The monoisotopic (exact) mass is 431 g/mol. The molecule has 32 heavy (non-hydrogen) atoms. The van der Waals surface area contributed by atoms with E-state index in [2.05, 4.69) is 0 Å². The Bertz CT molecular complexity index is 1180. The van der Waals surface area contributed by atoms with Gasteiger partial charge in [-0.25, -0.2) is 0 Å². The van der Waals surface area contributed by atoms with Crippen molar-refractivity contribution in [1.82, 2.24) is 4.90 Å². The molecule has 0 N–H and O–H groups in total. The summed E-state index contributed by atoms with van der Waals surface area (Å²) in [5.41, 5.74) is 1.19. The van der Waals surface area contributed by atoms with Gasteiger partial charge in [0.15, 0.2) is 17.3 Å². The normalized spacial score (nSPS) is 16.1. The standard InChI is InChI=1S/C26H25NO5/c1-30-23-15-19-5-3-2-4-18(19)14-21(23)26(29)27-10-8-17(9-11-27)25(28)20-6-7-22-24(16-20)32-13-12-31-22/h2-7,14-17H,8-13H2,1H3. The van der Waals surface area contributed by atoms with Crippen LogP contribution >= 0.6 is 0 Å². The number of hydrogen-bond acceptors (Lipinski definition) is 5. The van der Waals surface area contributed by atoms with Crippen molar-refractivity contribution < 1.29 is 23.8 Å². The Morgan fingerprint density at radius 1 is 0.906 bits per heavy atom. The summed E-state index contributed by atoms with van der Waals surface area (Å²) in [5, 5.41) is 2.03. The van der Waals surface area contributed by atoms with Gasteiger partial charge in [-0.15, -0.1) is 0 Å². The first-order valence-corrected chi connectivity index (χ1v) is 10.9. The van der Waals surface area contributed by atoms with Gasteiger partial charge < -0.3 is 19.1 Å². The van der Waals surface area contributed by atoms with Crippen molar-refractivity contribution in [2.45, 2.75) is 12.8 Å². The highest BCUT2D eigenvalue weighted by Gasteiger charge is 2.30. The maximum atomic E-state index is 13.3. The van der Waals surface area contributed by atoms with Gasteiger partial charge in [-0.3, -0.25) is 9.59 Å². The number of ether oxygens (including phenoxy) is 3. The Balaban J connectivity index is 1.29. The van der Waals surface area contributed by atoms with Crippen LogP contribution in [0.25, 0.3) is 10.8 Å². The van der Waals surface area contributed by atoms with Crippen molar-refractivity contribution in [1.29, 1.82) is 0 Å². The lowest BCUT2D eigenvalue weighted by atomic mass is 9.88. The van der Waals surface area contributed by atoms with Gasteiger partial charge in [0.25, 0.3) is 5.91 Å². The molecule has 1 amide bonds. The van der Waals surface area contributed by atoms with Crippen LogP contribution in [0.5, 0.6) is 17.2 Å². The minimum Gasteiger partial charge on any atom is -0.496 e. The lowest BCUT2D eigenvalue weighted by Crippen LogP contribution is -2.40. The molecule has 0 aromatic heterocycles. The third kappa shape index (κ3) is 3.77. The largest absolute Gasteiger partial charge is 0.496 e. The summed E-state index contributed by atoms with van der Waals surface area (Å²) >= 11 is 0. The SMILES string of the molecule is COc1cc2ccccc2cc1C(=O)N1CCC(C(=O)c2ccc3c(c2)OCCO3)CC1. The van der Waals surface area contributed by atoms with Crippen LogP contribution in [-0.2, 0) is 0 Å². The lowest BCUT2D eigenvalue weighted by molar-refractivity contribution is 0.0647. The third-order valence-electron chi connectivity index (χ3n) is 6.28. The highest BCUT2D eigenvalue weighted by atomic mass is 16.6. The van der Waals surface area contributed by atoms with E-state index < -0.39 is 0 Å². The van der Waals surface area contributed by atoms with Crippen LogP contribution in [-0.4, -0.2) is 50.0 Å². The van der Waals surface area contributed by atoms with Crippen LogP contribution in [0, 0.1) is 5.92 Å². The average Bonchev–Trinajstić information content (AvgIpc) is 2.86. The van der Waals surface area contributed by atoms with Gasteiger partial charge >= 0.3 is 0 Å². The number of amides is 1. The summed E-state index contributed by atoms with van der Waals surface area (Å²) < 4.78 is 16.7. The number of likely N-dealkylation sites (tertiary alicyclic amines) is 1. The molecule has 0 aliphatic carbocycles. The first-order chi connectivity index (χ1) is 15.6. The molecule has 3 aromatic carbocycles. The summed E-state index contributed by atoms with van der Waals surface area (Å²) in [6.45, 7) is 2.09. The molecule has 1 saturated heterocycles. The van der Waals surface area contributed by atoms with E-state index in [0.717, 1.165) is 10.8 Å². The summed E-state index contributed by atoms with van der Waals surface area (Å²) in [5.74, 6) is 1.80. The minimum atomic E-state index is -0.111. The predicted molar refractivity (Wildman–Crippen MR) is 121 cm³/mol. The predicted octanol–water partition coefficient (Wildman–Crippen LogP) is 4.35. The first kappa shape index (κ1) is 20.4. The van der Waals surface area contributed by atoms with Crippen molar-refractivity contribution in [2.75, 3.05) is 33.4 Å². The first-order valence-electron chi connectivity index (χ1n) is 10.9. The van der Waals surface area contributed by atoms with Gasteiger partial charge in [0, 0.05) is 24.6 Å². The zero-order chi connectivity index (χ0) is 22.1.